The van der Waals surface area contributed by atoms with Crippen molar-refractivity contribution in [3.8, 4) is 11.8 Å². The van der Waals surface area contributed by atoms with E-state index in [2.05, 4.69) is 5.32 Å². The second kappa shape index (κ2) is 6.48. The third kappa shape index (κ3) is 3.65. The third-order valence-electron chi connectivity index (χ3n) is 3.25. The number of hydrogen-bond donors (Lipinski definition) is 1. The van der Waals surface area contributed by atoms with Crippen LogP contribution < -0.4 is 10.1 Å². The van der Waals surface area contributed by atoms with E-state index in [-0.39, 0.29) is 12.2 Å². The molecular weight excluding hydrogens is 250 g/mol. The van der Waals surface area contributed by atoms with Crippen LogP contribution in [0, 0.1) is 23.0 Å². The molecule has 0 aliphatic carbocycles. The molecule has 1 aromatic rings. The molecule has 102 valence electrons. The van der Waals surface area contributed by atoms with E-state index < -0.39 is 17.4 Å². The van der Waals surface area contributed by atoms with Gasteiger partial charge in [-0.3, -0.25) is 0 Å². The lowest BCUT2D eigenvalue weighted by Gasteiger charge is -2.23. The molecule has 1 N–H and O–H groups in total. The van der Waals surface area contributed by atoms with Crippen LogP contribution in [0.3, 0.4) is 0 Å². The minimum absolute atomic E-state index is 0.0451. The average molecular weight is 266 g/mol. The van der Waals surface area contributed by atoms with Gasteiger partial charge in [0.05, 0.1) is 18.2 Å². The molecule has 5 heteroatoms. The second-order valence-corrected chi connectivity index (χ2v) is 4.66. The predicted octanol–water partition coefficient (Wildman–Crippen LogP) is 2.75. The van der Waals surface area contributed by atoms with Crippen molar-refractivity contribution in [2.75, 3.05) is 13.2 Å². The fourth-order valence-electron chi connectivity index (χ4n) is 2.24. The fraction of sp³-hybridized carbons (Fsp3) is 0.500. The van der Waals surface area contributed by atoms with Crippen LogP contribution in [0.25, 0.3) is 0 Å². The number of nitrogens with zero attached hydrogens (tertiary/aromatic N) is 1. The molecule has 1 aliphatic heterocycles. The van der Waals surface area contributed by atoms with E-state index in [4.69, 9.17) is 10.00 Å². The smallest absolute Gasteiger partial charge is 0.190 e. The molecule has 0 saturated carbocycles. The normalized spacial score (nSPS) is 18.9. The molecule has 1 aromatic carbocycles. The Morgan fingerprint density at radius 2 is 2.05 bits per heavy atom. The molecule has 0 amide bonds. The lowest BCUT2D eigenvalue weighted by molar-refractivity contribution is 0.249. The molecule has 0 spiro atoms. The first-order valence-corrected chi connectivity index (χ1v) is 6.46. The van der Waals surface area contributed by atoms with Crippen LogP contribution in [0.5, 0.6) is 5.75 Å². The van der Waals surface area contributed by atoms with E-state index in [1.807, 2.05) is 0 Å². The van der Waals surface area contributed by atoms with E-state index in [0.717, 1.165) is 31.5 Å². The molecule has 19 heavy (non-hydrogen) atoms. The van der Waals surface area contributed by atoms with Crippen molar-refractivity contribution >= 4 is 0 Å². The van der Waals surface area contributed by atoms with Crippen LogP contribution in [0.2, 0.25) is 0 Å². The quantitative estimate of drug-likeness (QED) is 0.911. The van der Waals surface area contributed by atoms with Gasteiger partial charge in [-0.1, -0.05) is 6.42 Å². The molecule has 0 radical (unpaired) electrons. The maximum absolute atomic E-state index is 13.5. The monoisotopic (exact) mass is 266 g/mol. The van der Waals surface area contributed by atoms with E-state index in [1.165, 1.54) is 12.8 Å². The van der Waals surface area contributed by atoms with Crippen molar-refractivity contribution in [1.29, 1.82) is 5.26 Å². The second-order valence-electron chi connectivity index (χ2n) is 4.66. The van der Waals surface area contributed by atoms with Gasteiger partial charge in [0.25, 0.3) is 0 Å². The molecule has 0 aromatic heterocycles. The van der Waals surface area contributed by atoms with Crippen LogP contribution in [0.15, 0.2) is 12.1 Å². The number of hydrogen-bond acceptors (Lipinski definition) is 3. The lowest BCUT2D eigenvalue weighted by Crippen LogP contribution is -2.35. The first-order valence-electron chi connectivity index (χ1n) is 6.46. The van der Waals surface area contributed by atoms with Crippen molar-refractivity contribution in [1.82, 2.24) is 5.32 Å². The summed E-state index contributed by atoms with van der Waals surface area (Å²) >= 11 is 0. The lowest BCUT2D eigenvalue weighted by atomic mass is 10.0. The fourth-order valence-corrected chi connectivity index (χ4v) is 2.24. The summed E-state index contributed by atoms with van der Waals surface area (Å²) in [5, 5.41) is 11.9. The molecule has 1 saturated heterocycles. The van der Waals surface area contributed by atoms with Crippen LogP contribution in [0.4, 0.5) is 8.78 Å². The number of halogens is 2. The topological polar surface area (TPSA) is 45.0 Å². The SMILES string of the molecule is N#Cc1cc(F)c(OCCC2CCCCN2)c(F)c1. The van der Waals surface area contributed by atoms with Gasteiger partial charge in [0.2, 0.25) is 0 Å². The Labute approximate surface area is 111 Å². The highest BCUT2D eigenvalue weighted by atomic mass is 19.1. The van der Waals surface area contributed by atoms with Crippen LogP contribution in [-0.2, 0) is 0 Å². The Morgan fingerprint density at radius 3 is 2.63 bits per heavy atom. The molecule has 1 unspecified atom stereocenters. The van der Waals surface area contributed by atoms with Crippen molar-refractivity contribution < 1.29 is 13.5 Å². The van der Waals surface area contributed by atoms with Gasteiger partial charge in [-0.2, -0.15) is 5.26 Å². The van der Waals surface area contributed by atoms with Crippen molar-refractivity contribution in [2.45, 2.75) is 31.7 Å². The maximum Gasteiger partial charge on any atom is 0.190 e. The molecule has 3 nitrogen and oxygen atoms in total. The molecular formula is C14H16F2N2O. The van der Waals surface area contributed by atoms with Gasteiger partial charge in [-0.25, -0.2) is 8.78 Å². The molecule has 1 aliphatic rings. The molecule has 1 atom stereocenters. The Morgan fingerprint density at radius 1 is 1.32 bits per heavy atom. The zero-order valence-corrected chi connectivity index (χ0v) is 10.6. The highest BCUT2D eigenvalue weighted by molar-refractivity contribution is 5.37. The Bertz CT molecular complexity index is 456. The number of nitrogens with one attached hydrogen (secondary N) is 1. The van der Waals surface area contributed by atoms with Gasteiger partial charge in [0, 0.05) is 6.04 Å². The highest BCUT2D eigenvalue weighted by Gasteiger charge is 2.15. The number of ether oxygens (including phenoxy) is 1. The van der Waals surface area contributed by atoms with Gasteiger partial charge < -0.3 is 10.1 Å². The minimum Gasteiger partial charge on any atom is -0.488 e. The minimum atomic E-state index is -0.826. The highest BCUT2D eigenvalue weighted by Crippen LogP contribution is 2.23. The van der Waals surface area contributed by atoms with Crippen LogP contribution in [-0.4, -0.2) is 19.2 Å². The van der Waals surface area contributed by atoms with Gasteiger partial charge >= 0.3 is 0 Å². The van der Waals surface area contributed by atoms with Gasteiger partial charge in [0.15, 0.2) is 17.4 Å². The molecule has 2 rings (SSSR count). The summed E-state index contributed by atoms with van der Waals surface area (Å²) in [6.07, 6.45) is 4.15. The summed E-state index contributed by atoms with van der Waals surface area (Å²) in [4.78, 5) is 0. The van der Waals surface area contributed by atoms with Gasteiger partial charge in [-0.15, -0.1) is 0 Å². The number of nitriles is 1. The predicted molar refractivity (Wildman–Crippen MR) is 66.8 cm³/mol. The van der Waals surface area contributed by atoms with E-state index >= 15 is 0 Å². The Hall–Kier alpha value is -1.67. The number of benzene rings is 1. The molecule has 0 bridgehead atoms. The van der Waals surface area contributed by atoms with Gasteiger partial charge in [-0.05, 0) is 37.9 Å². The Balaban J connectivity index is 1.90. The first kappa shape index (κ1) is 13.8. The standard InChI is InChI=1S/C14H16F2N2O/c15-12-7-10(9-17)8-13(16)14(12)19-6-4-11-3-1-2-5-18-11/h7-8,11,18H,1-6H2. The summed E-state index contributed by atoms with van der Waals surface area (Å²) in [5.74, 6) is -2.05. The summed E-state index contributed by atoms with van der Waals surface area (Å²) in [6.45, 7) is 1.25. The van der Waals surface area contributed by atoms with E-state index in [9.17, 15) is 8.78 Å². The average Bonchev–Trinajstić information content (AvgIpc) is 2.42. The number of rotatable bonds is 4. The van der Waals surface area contributed by atoms with E-state index in [0.29, 0.717) is 6.04 Å². The van der Waals surface area contributed by atoms with Crippen molar-refractivity contribution in [3.05, 3.63) is 29.3 Å². The third-order valence-corrected chi connectivity index (χ3v) is 3.25. The maximum atomic E-state index is 13.5. The summed E-state index contributed by atoms with van der Waals surface area (Å²) in [6, 6.07) is 4.02. The summed E-state index contributed by atoms with van der Waals surface area (Å²) in [7, 11) is 0. The molecule has 1 fully saturated rings. The van der Waals surface area contributed by atoms with Crippen molar-refractivity contribution in [3.63, 3.8) is 0 Å². The van der Waals surface area contributed by atoms with E-state index in [1.54, 1.807) is 6.07 Å². The van der Waals surface area contributed by atoms with Crippen LogP contribution in [0.1, 0.15) is 31.2 Å². The Kier molecular flexibility index (Phi) is 4.69. The largest absolute Gasteiger partial charge is 0.488 e. The summed E-state index contributed by atoms with van der Waals surface area (Å²) < 4.78 is 32.2. The zero-order chi connectivity index (χ0) is 13.7. The zero-order valence-electron chi connectivity index (χ0n) is 10.6. The van der Waals surface area contributed by atoms with Gasteiger partial charge in [0.1, 0.15) is 0 Å². The summed E-state index contributed by atoms with van der Waals surface area (Å²) in [5.41, 5.74) is -0.0451. The molecule has 1 heterocycles. The first-order chi connectivity index (χ1) is 9.20. The van der Waals surface area contributed by atoms with Crippen LogP contribution >= 0.6 is 0 Å². The number of piperidine rings is 1. The van der Waals surface area contributed by atoms with Crippen molar-refractivity contribution in [2.24, 2.45) is 0 Å².